The van der Waals surface area contributed by atoms with Gasteiger partial charge in [-0.15, -0.1) is 0 Å². The largest absolute Gasteiger partial charge is 0.416 e. The molecule has 12 heteroatoms. The molecule has 2 aromatic carbocycles. The fourth-order valence-corrected chi connectivity index (χ4v) is 3.14. The van der Waals surface area contributed by atoms with Crippen LogP contribution in [0.15, 0.2) is 47.6 Å². The van der Waals surface area contributed by atoms with E-state index in [9.17, 15) is 31.1 Å². The van der Waals surface area contributed by atoms with Crippen LogP contribution in [0.5, 0.6) is 0 Å². The molecule has 0 saturated heterocycles. The van der Waals surface area contributed by atoms with Gasteiger partial charge in [0.25, 0.3) is 0 Å². The molecular weight excluding hydrogens is 468 g/mol. The number of likely N-dealkylation sites (N-methyl/N-ethyl adjacent to an activating group) is 1. The normalized spacial score (nSPS) is 13.5. The van der Waals surface area contributed by atoms with Crippen molar-refractivity contribution >= 4 is 11.6 Å². The van der Waals surface area contributed by atoms with Crippen LogP contribution >= 0.6 is 0 Å². The maximum atomic E-state index is 13.1. The van der Waals surface area contributed by atoms with Gasteiger partial charge in [-0.25, -0.2) is 0 Å². The average molecular weight is 491 g/mol. The zero-order valence-corrected chi connectivity index (χ0v) is 18.5. The third kappa shape index (κ3) is 7.45. The first-order valence-corrected chi connectivity index (χ1v) is 9.89. The van der Waals surface area contributed by atoms with E-state index >= 15 is 0 Å². The van der Waals surface area contributed by atoms with Gasteiger partial charge in [-0.1, -0.05) is 35.5 Å². The second kappa shape index (κ2) is 11.3. The Hall–Kier alpha value is -3.12. The van der Waals surface area contributed by atoms with Crippen LogP contribution in [0.25, 0.3) is 0 Å². The van der Waals surface area contributed by atoms with Crippen molar-refractivity contribution in [3.63, 3.8) is 0 Å². The van der Waals surface area contributed by atoms with E-state index in [0.717, 1.165) is 18.2 Å². The van der Waals surface area contributed by atoms with Crippen LogP contribution < -0.4 is 10.8 Å². The minimum atomic E-state index is -4.74. The highest BCUT2D eigenvalue weighted by Gasteiger charge is 2.34. The first-order chi connectivity index (χ1) is 15.9. The predicted octanol–water partition coefficient (Wildman–Crippen LogP) is 4.83. The number of aryl methyl sites for hydroxylation is 1. The lowest BCUT2D eigenvalue weighted by atomic mass is 9.96. The van der Waals surface area contributed by atoms with Gasteiger partial charge in [-0.2, -0.15) is 31.8 Å². The van der Waals surface area contributed by atoms with Crippen LogP contribution in [-0.2, 0) is 27.3 Å². The van der Waals surface area contributed by atoms with Gasteiger partial charge in [-0.3, -0.25) is 4.79 Å². The van der Waals surface area contributed by atoms with Gasteiger partial charge in [-0.05, 0) is 30.2 Å². The molecule has 0 aliphatic rings. The number of carbonyl (C=O) groups is 1. The summed E-state index contributed by atoms with van der Waals surface area (Å²) in [5.74, 6) is -0.445. The Bertz CT molecular complexity index is 1020. The summed E-state index contributed by atoms with van der Waals surface area (Å²) in [6.07, 6.45) is -11.1. The third-order valence-electron chi connectivity index (χ3n) is 4.78. The predicted molar refractivity (Wildman–Crippen MR) is 112 cm³/mol. The summed E-state index contributed by atoms with van der Waals surface area (Å²) in [4.78, 5) is 22.3. The van der Waals surface area contributed by atoms with Crippen molar-refractivity contribution in [1.82, 2.24) is 10.8 Å². The molecule has 0 fully saturated rings. The molecule has 0 spiro atoms. The number of halogens is 6. The number of nitrogens with one attached hydrogen (secondary N) is 2. The number of rotatable bonds is 9. The lowest BCUT2D eigenvalue weighted by Gasteiger charge is -2.20. The van der Waals surface area contributed by atoms with Crippen LogP contribution in [0.1, 0.15) is 40.3 Å². The van der Waals surface area contributed by atoms with Gasteiger partial charge in [0.2, 0.25) is 5.91 Å². The smallest absolute Gasteiger partial charge is 0.391 e. The number of hydrogen-bond donors (Lipinski definition) is 2. The van der Waals surface area contributed by atoms with Gasteiger partial charge in [0.15, 0.2) is 0 Å². The summed E-state index contributed by atoms with van der Waals surface area (Å²) in [5, 5.41) is 5.99. The molecule has 0 aliphatic heterocycles. The minimum Gasteiger partial charge on any atom is -0.391 e. The van der Waals surface area contributed by atoms with Crippen molar-refractivity contribution in [3.8, 4) is 0 Å². The number of amides is 1. The van der Waals surface area contributed by atoms with Crippen LogP contribution in [0.4, 0.5) is 26.3 Å². The van der Waals surface area contributed by atoms with E-state index in [-0.39, 0.29) is 12.2 Å². The SMILES string of the molecule is CNC(=O)C(NOC)c1cccc(C)c1CO/N=C(\CC(F)(F)F)c1cccc(C(F)(F)F)c1. The van der Waals surface area contributed by atoms with Crippen LogP contribution in [-0.4, -0.2) is 32.0 Å². The van der Waals surface area contributed by atoms with E-state index in [1.807, 2.05) is 0 Å². The fourth-order valence-electron chi connectivity index (χ4n) is 3.14. The maximum absolute atomic E-state index is 13.1. The van der Waals surface area contributed by atoms with E-state index in [4.69, 9.17) is 9.68 Å². The molecule has 0 aromatic heterocycles. The van der Waals surface area contributed by atoms with Crippen LogP contribution in [0.3, 0.4) is 0 Å². The molecule has 0 aliphatic carbocycles. The first kappa shape index (κ1) is 27.1. The number of oxime groups is 1. The van der Waals surface area contributed by atoms with Crippen molar-refractivity contribution in [2.75, 3.05) is 14.2 Å². The van der Waals surface area contributed by atoms with Gasteiger partial charge < -0.3 is 15.0 Å². The molecule has 34 heavy (non-hydrogen) atoms. The van der Waals surface area contributed by atoms with E-state index in [1.54, 1.807) is 25.1 Å². The van der Waals surface area contributed by atoms with Crippen molar-refractivity contribution in [1.29, 1.82) is 0 Å². The minimum absolute atomic E-state index is 0.346. The lowest BCUT2D eigenvalue weighted by Crippen LogP contribution is -2.36. The Morgan fingerprint density at radius 3 is 2.35 bits per heavy atom. The van der Waals surface area contributed by atoms with Gasteiger partial charge in [0.05, 0.1) is 24.8 Å². The van der Waals surface area contributed by atoms with Gasteiger partial charge >= 0.3 is 12.4 Å². The Balaban J connectivity index is 2.40. The van der Waals surface area contributed by atoms with E-state index in [0.29, 0.717) is 22.8 Å². The highest BCUT2D eigenvalue weighted by atomic mass is 19.4. The van der Waals surface area contributed by atoms with Gasteiger partial charge in [0.1, 0.15) is 12.6 Å². The molecule has 2 rings (SSSR count). The highest BCUT2D eigenvalue weighted by Crippen LogP contribution is 2.31. The standard InChI is InChI=1S/C22H23F6N3O3/c1-13-6-4-9-16(19(31-33-3)20(32)29-2)17(13)12-34-30-18(11-21(23,24)25)14-7-5-8-15(10-14)22(26,27)28/h4-10,19,31H,11-12H2,1-3H3,(H,29,32)/b30-18+. The molecule has 0 heterocycles. The van der Waals surface area contributed by atoms with Gasteiger partial charge in [0, 0.05) is 18.2 Å². The zero-order valence-electron chi connectivity index (χ0n) is 18.5. The number of hydroxylamine groups is 1. The fraction of sp³-hybridized carbons (Fsp3) is 0.364. The number of nitrogens with zero attached hydrogens (tertiary/aromatic N) is 1. The number of benzene rings is 2. The molecule has 0 radical (unpaired) electrons. The summed E-state index contributed by atoms with van der Waals surface area (Å²) in [6, 6.07) is 7.42. The van der Waals surface area contributed by atoms with Crippen molar-refractivity contribution in [3.05, 3.63) is 70.3 Å². The second-order valence-corrected chi connectivity index (χ2v) is 7.19. The monoisotopic (exact) mass is 491 g/mol. The molecule has 1 amide bonds. The molecule has 1 unspecified atom stereocenters. The summed E-state index contributed by atoms with van der Waals surface area (Å²) < 4.78 is 78.4. The molecule has 6 nitrogen and oxygen atoms in total. The first-order valence-electron chi connectivity index (χ1n) is 9.89. The topological polar surface area (TPSA) is 72.0 Å². The summed E-state index contributed by atoms with van der Waals surface area (Å²) in [7, 11) is 2.73. The lowest BCUT2D eigenvalue weighted by molar-refractivity contribution is -0.137. The third-order valence-corrected chi connectivity index (χ3v) is 4.78. The Kier molecular flexibility index (Phi) is 9.05. The van der Waals surface area contributed by atoms with Crippen LogP contribution in [0.2, 0.25) is 0 Å². The molecule has 2 N–H and O–H groups in total. The van der Waals surface area contributed by atoms with E-state index in [2.05, 4.69) is 16.0 Å². The molecule has 0 saturated carbocycles. The number of carbonyl (C=O) groups excluding carboxylic acids is 1. The molecule has 186 valence electrons. The molecule has 2 aromatic rings. The Morgan fingerprint density at radius 2 is 1.76 bits per heavy atom. The molecule has 0 bridgehead atoms. The summed E-state index contributed by atoms with van der Waals surface area (Å²) >= 11 is 0. The van der Waals surface area contributed by atoms with Crippen molar-refractivity contribution in [2.24, 2.45) is 5.16 Å². The Labute approximate surface area is 191 Å². The summed E-state index contributed by atoms with van der Waals surface area (Å²) in [6.45, 7) is 1.35. The van der Waals surface area contributed by atoms with E-state index in [1.165, 1.54) is 14.2 Å². The quantitative estimate of drug-likeness (QED) is 0.300. The maximum Gasteiger partial charge on any atom is 0.416 e. The Morgan fingerprint density at radius 1 is 1.09 bits per heavy atom. The summed E-state index contributed by atoms with van der Waals surface area (Å²) in [5.41, 5.74) is 1.85. The average Bonchev–Trinajstić information content (AvgIpc) is 2.76. The number of alkyl halides is 6. The van der Waals surface area contributed by atoms with Crippen molar-refractivity contribution < 1.29 is 40.8 Å². The number of hydrogen-bond acceptors (Lipinski definition) is 5. The second-order valence-electron chi connectivity index (χ2n) is 7.19. The highest BCUT2D eigenvalue weighted by molar-refractivity contribution is 6.00. The molecule has 1 atom stereocenters. The van der Waals surface area contributed by atoms with Crippen molar-refractivity contribution in [2.45, 2.75) is 38.3 Å². The van der Waals surface area contributed by atoms with E-state index < -0.39 is 42.0 Å². The zero-order chi connectivity index (χ0) is 25.5. The molecular formula is C22H23F6N3O3. The van der Waals surface area contributed by atoms with Crippen LogP contribution in [0, 0.1) is 6.92 Å².